The number of rotatable bonds is 6. The van der Waals surface area contributed by atoms with Crippen molar-refractivity contribution in [1.29, 1.82) is 0 Å². The highest BCUT2D eigenvalue weighted by molar-refractivity contribution is 5.81. The molecule has 1 amide bonds. The molecule has 0 aliphatic carbocycles. The molecule has 19 heavy (non-hydrogen) atoms. The number of ether oxygens (including phenoxy) is 1. The first kappa shape index (κ1) is 15.5. The average Bonchev–Trinajstić information content (AvgIpc) is 2.45. The number of hydrogen-bond donors (Lipinski definition) is 1. The minimum Gasteiger partial charge on any atom is -0.496 e. The molecule has 1 aromatic carbocycles. The van der Waals surface area contributed by atoms with Crippen molar-refractivity contribution >= 4 is 5.91 Å². The van der Waals surface area contributed by atoms with E-state index in [0.717, 1.165) is 17.7 Å². The summed E-state index contributed by atoms with van der Waals surface area (Å²) < 4.78 is 5.33. The van der Waals surface area contributed by atoms with Crippen LogP contribution in [-0.2, 0) is 11.2 Å². The molecule has 4 heteroatoms. The first-order chi connectivity index (χ1) is 9.01. The first-order valence-electron chi connectivity index (χ1n) is 6.65. The molecule has 0 fully saturated rings. The summed E-state index contributed by atoms with van der Waals surface area (Å²) >= 11 is 0. The van der Waals surface area contributed by atoms with Gasteiger partial charge < -0.3 is 15.4 Å². The number of benzene rings is 1. The Bertz CT molecular complexity index is 420. The number of para-hydroxylation sites is 1. The molecule has 106 valence electrons. The Kier molecular flexibility index (Phi) is 5.83. The molecule has 0 aromatic heterocycles. The Hall–Kier alpha value is -1.55. The highest BCUT2D eigenvalue weighted by Gasteiger charge is 2.21. The monoisotopic (exact) mass is 264 g/mol. The van der Waals surface area contributed by atoms with Gasteiger partial charge in [-0.1, -0.05) is 25.1 Å². The maximum absolute atomic E-state index is 12.0. The van der Waals surface area contributed by atoms with Crippen molar-refractivity contribution in [2.24, 2.45) is 5.73 Å². The van der Waals surface area contributed by atoms with Gasteiger partial charge in [-0.25, -0.2) is 0 Å². The van der Waals surface area contributed by atoms with Crippen LogP contribution in [0.4, 0.5) is 0 Å². The molecule has 0 bridgehead atoms. The summed E-state index contributed by atoms with van der Waals surface area (Å²) in [5, 5.41) is 0. The second-order valence-corrected chi connectivity index (χ2v) is 4.83. The summed E-state index contributed by atoms with van der Waals surface area (Å²) in [6.45, 7) is 3.94. The van der Waals surface area contributed by atoms with Crippen molar-refractivity contribution < 1.29 is 9.53 Å². The predicted octanol–water partition coefficient (Wildman–Crippen LogP) is 1.82. The number of carbonyl (C=O) groups is 1. The van der Waals surface area contributed by atoms with E-state index in [2.05, 4.69) is 0 Å². The van der Waals surface area contributed by atoms with Crippen molar-refractivity contribution in [3.05, 3.63) is 29.8 Å². The normalized spacial score (nSPS) is 13.7. The van der Waals surface area contributed by atoms with Gasteiger partial charge in [0.1, 0.15) is 5.75 Å². The topological polar surface area (TPSA) is 55.6 Å². The fourth-order valence-corrected chi connectivity index (χ4v) is 1.98. The van der Waals surface area contributed by atoms with Crippen LogP contribution >= 0.6 is 0 Å². The zero-order valence-corrected chi connectivity index (χ0v) is 12.2. The van der Waals surface area contributed by atoms with Crippen LogP contribution < -0.4 is 10.5 Å². The Morgan fingerprint density at radius 2 is 2.05 bits per heavy atom. The maximum Gasteiger partial charge on any atom is 0.239 e. The van der Waals surface area contributed by atoms with Crippen LogP contribution in [-0.4, -0.2) is 37.0 Å². The van der Waals surface area contributed by atoms with Crippen LogP contribution in [0.25, 0.3) is 0 Å². The summed E-state index contributed by atoms with van der Waals surface area (Å²) in [7, 11) is 3.46. The van der Waals surface area contributed by atoms with Crippen LogP contribution in [0.1, 0.15) is 25.8 Å². The maximum atomic E-state index is 12.0. The van der Waals surface area contributed by atoms with E-state index in [9.17, 15) is 4.79 Å². The van der Waals surface area contributed by atoms with Gasteiger partial charge in [-0.05, 0) is 31.4 Å². The Labute approximate surface area is 115 Å². The molecule has 1 aromatic rings. The lowest BCUT2D eigenvalue weighted by atomic mass is 10.0. The lowest BCUT2D eigenvalue weighted by Gasteiger charge is -2.27. The summed E-state index contributed by atoms with van der Waals surface area (Å²) in [6.07, 6.45) is 1.41. The van der Waals surface area contributed by atoms with E-state index in [-0.39, 0.29) is 11.9 Å². The van der Waals surface area contributed by atoms with Crippen molar-refractivity contribution in [1.82, 2.24) is 4.90 Å². The number of nitrogens with zero attached hydrogens (tertiary/aromatic N) is 1. The Balaban J connectivity index is 2.73. The number of carbonyl (C=O) groups excluding carboxylic acids is 1. The smallest absolute Gasteiger partial charge is 0.239 e. The van der Waals surface area contributed by atoms with Crippen molar-refractivity contribution in [2.75, 3.05) is 14.2 Å². The molecular formula is C15H24N2O2. The summed E-state index contributed by atoms with van der Waals surface area (Å²) in [5.74, 6) is 0.847. The van der Waals surface area contributed by atoms with Crippen molar-refractivity contribution in [3.8, 4) is 5.75 Å². The lowest BCUT2D eigenvalue weighted by Crippen LogP contribution is -2.46. The number of likely N-dealkylation sites (N-methyl/N-ethyl adjacent to an activating group) is 1. The van der Waals surface area contributed by atoms with Crippen LogP contribution in [0, 0.1) is 0 Å². The van der Waals surface area contributed by atoms with Gasteiger partial charge in [0.05, 0.1) is 13.2 Å². The Morgan fingerprint density at radius 3 is 2.63 bits per heavy atom. The molecule has 0 saturated carbocycles. The third-order valence-corrected chi connectivity index (χ3v) is 3.47. The van der Waals surface area contributed by atoms with E-state index in [1.807, 2.05) is 38.1 Å². The largest absolute Gasteiger partial charge is 0.496 e. The molecular weight excluding hydrogens is 240 g/mol. The number of hydrogen-bond acceptors (Lipinski definition) is 3. The van der Waals surface area contributed by atoms with E-state index in [0.29, 0.717) is 6.42 Å². The first-order valence-corrected chi connectivity index (χ1v) is 6.65. The van der Waals surface area contributed by atoms with Crippen LogP contribution in [0.5, 0.6) is 5.75 Å². The fourth-order valence-electron chi connectivity index (χ4n) is 1.98. The van der Waals surface area contributed by atoms with Gasteiger partial charge in [-0.3, -0.25) is 4.79 Å². The molecule has 0 heterocycles. The average molecular weight is 264 g/mol. The molecule has 1 rings (SSSR count). The second-order valence-electron chi connectivity index (χ2n) is 4.83. The van der Waals surface area contributed by atoms with Crippen molar-refractivity contribution in [2.45, 2.75) is 38.8 Å². The molecule has 2 atom stereocenters. The molecule has 4 nitrogen and oxygen atoms in total. The number of methoxy groups -OCH3 is 1. The predicted molar refractivity (Wildman–Crippen MR) is 77.2 cm³/mol. The van der Waals surface area contributed by atoms with E-state index >= 15 is 0 Å². The van der Waals surface area contributed by atoms with E-state index < -0.39 is 6.04 Å². The Morgan fingerprint density at radius 1 is 1.42 bits per heavy atom. The van der Waals surface area contributed by atoms with E-state index in [1.54, 1.807) is 19.1 Å². The SMILES string of the molecule is CCC(N)C(=O)N(C)C(C)Cc1ccccc1OC. The molecule has 0 aliphatic rings. The zero-order chi connectivity index (χ0) is 14.4. The van der Waals surface area contributed by atoms with Crippen LogP contribution in [0.2, 0.25) is 0 Å². The van der Waals surface area contributed by atoms with Gasteiger partial charge >= 0.3 is 0 Å². The molecule has 0 aliphatic heterocycles. The third-order valence-electron chi connectivity index (χ3n) is 3.47. The number of nitrogens with two attached hydrogens (primary N) is 1. The lowest BCUT2D eigenvalue weighted by molar-refractivity contribution is -0.133. The van der Waals surface area contributed by atoms with Gasteiger partial charge in [-0.15, -0.1) is 0 Å². The van der Waals surface area contributed by atoms with Gasteiger partial charge in [-0.2, -0.15) is 0 Å². The van der Waals surface area contributed by atoms with Gasteiger partial charge in [0.2, 0.25) is 5.91 Å². The highest BCUT2D eigenvalue weighted by Crippen LogP contribution is 2.20. The molecule has 0 radical (unpaired) electrons. The quantitative estimate of drug-likeness (QED) is 0.852. The second kappa shape index (κ2) is 7.14. The summed E-state index contributed by atoms with van der Waals surface area (Å²) in [5.41, 5.74) is 6.89. The highest BCUT2D eigenvalue weighted by atomic mass is 16.5. The molecule has 0 saturated heterocycles. The fraction of sp³-hybridized carbons (Fsp3) is 0.533. The summed E-state index contributed by atoms with van der Waals surface area (Å²) in [4.78, 5) is 13.8. The number of amides is 1. The minimum absolute atomic E-state index is 0.00935. The zero-order valence-electron chi connectivity index (χ0n) is 12.2. The van der Waals surface area contributed by atoms with Crippen molar-refractivity contribution in [3.63, 3.8) is 0 Å². The van der Waals surface area contributed by atoms with Gasteiger partial charge in [0.25, 0.3) is 0 Å². The standard InChI is InChI=1S/C15H24N2O2/c1-5-13(16)15(18)17(3)11(2)10-12-8-6-7-9-14(12)19-4/h6-9,11,13H,5,10,16H2,1-4H3. The molecule has 2 unspecified atom stereocenters. The minimum atomic E-state index is -0.412. The van der Waals surface area contributed by atoms with Gasteiger partial charge in [0.15, 0.2) is 0 Å². The van der Waals surface area contributed by atoms with E-state index in [4.69, 9.17) is 10.5 Å². The van der Waals surface area contributed by atoms with Crippen LogP contribution in [0.15, 0.2) is 24.3 Å². The third kappa shape index (κ3) is 3.96. The van der Waals surface area contributed by atoms with Gasteiger partial charge in [0, 0.05) is 13.1 Å². The summed E-state index contributed by atoms with van der Waals surface area (Å²) in [6, 6.07) is 7.54. The molecule has 0 spiro atoms. The molecule has 2 N–H and O–H groups in total. The van der Waals surface area contributed by atoms with Crippen LogP contribution in [0.3, 0.4) is 0 Å². The van der Waals surface area contributed by atoms with E-state index in [1.165, 1.54) is 0 Å².